The van der Waals surface area contributed by atoms with Gasteiger partial charge < -0.3 is 14.6 Å². The van der Waals surface area contributed by atoms with Gasteiger partial charge in [0.1, 0.15) is 11.6 Å². The summed E-state index contributed by atoms with van der Waals surface area (Å²) in [5.41, 5.74) is 2.73. The van der Waals surface area contributed by atoms with Gasteiger partial charge in [0.15, 0.2) is 5.75 Å². The number of carboxylic acids is 1. The third kappa shape index (κ3) is 6.02. The number of aliphatic carboxylic acids is 1. The van der Waals surface area contributed by atoms with Crippen molar-refractivity contribution in [1.29, 1.82) is 0 Å². The molecule has 2 aliphatic heterocycles. The summed E-state index contributed by atoms with van der Waals surface area (Å²) in [6.07, 6.45) is 1.40. The summed E-state index contributed by atoms with van der Waals surface area (Å²) >= 11 is -0.398. The number of nitrogens with one attached hydrogen (secondary N) is 2. The van der Waals surface area contributed by atoms with E-state index in [1.54, 1.807) is 25.1 Å². The summed E-state index contributed by atoms with van der Waals surface area (Å²) in [5.74, 6) is -0.0598. The van der Waals surface area contributed by atoms with Gasteiger partial charge in [-0.2, -0.15) is 4.31 Å². The van der Waals surface area contributed by atoms with Crippen LogP contribution in [0.2, 0.25) is 0 Å². The highest BCUT2D eigenvalue weighted by Gasteiger charge is 2.49. The maximum atomic E-state index is 12.9. The molecule has 204 valence electrons. The molecule has 1 amide bonds. The van der Waals surface area contributed by atoms with Gasteiger partial charge in [0.05, 0.1) is 24.7 Å². The van der Waals surface area contributed by atoms with Crippen LogP contribution in [0.3, 0.4) is 0 Å². The van der Waals surface area contributed by atoms with Gasteiger partial charge in [-0.25, -0.2) is 17.9 Å². The van der Waals surface area contributed by atoms with E-state index < -0.39 is 39.3 Å². The molecule has 0 fully saturated rings. The molecule has 2 heterocycles. The van der Waals surface area contributed by atoms with Crippen LogP contribution in [-0.4, -0.2) is 48.9 Å². The number of carboxylic acid groups (broad SMARTS) is 1. The lowest BCUT2D eigenvalue weighted by atomic mass is 9.99. The van der Waals surface area contributed by atoms with Gasteiger partial charge in [0.2, 0.25) is 11.3 Å². The number of benzene rings is 2. The molecule has 0 radical (unpaired) electrons. The number of sulfonamides is 1. The van der Waals surface area contributed by atoms with E-state index in [1.807, 2.05) is 29.0 Å². The fourth-order valence-corrected chi connectivity index (χ4v) is 7.61. The van der Waals surface area contributed by atoms with E-state index in [-0.39, 0.29) is 11.5 Å². The van der Waals surface area contributed by atoms with Gasteiger partial charge in [0.25, 0.3) is 15.9 Å². The topological polar surface area (TPSA) is 134 Å². The fourth-order valence-electron chi connectivity index (χ4n) is 4.36. The average Bonchev–Trinajstić information content (AvgIpc) is 3.24. The van der Waals surface area contributed by atoms with E-state index in [0.717, 1.165) is 24.2 Å². The van der Waals surface area contributed by atoms with Crippen molar-refractivity contribution in [1.82, 2.24) is 13.7 Å². The van der Waals surface area contributed by atoms with E-state index in [0.29, 0.717) is 42.3 Å². The van der Waals surface area contributed by atoms with Crippen LogP contribution in [0.15, 0.2) is 65.0 Å². The van der Waals surface area contributed by atoms with Crippen LogP contribution in [0.25, 0.3) is 11.1 Å². The van der Waals surface area contributed by atoms with Crippen molar-refractivity contribution >= 4 is 33.4 Å². The molecule has 12 heteroatoms. The first kappa shape index (κ1) is 27.6. The predicted molar refractivity (Wildman–Crippen MR) is 144 cm³/mol. The second-order valence-electron chi connectivity index (χ2n) is 8.82. The van der Waals surface area contributed by atoms with Crippen molar-refractivity contribution in [2.75, 3.05) is 19.0 Å². The molecule has 2 unspecified atom stereocenters. The van der Waals surface area contributed by atoms with Crippen molar-refractivity contribution in [3.05, 3.63) is 65.7 Å². The minimum atomic E-state index is -4.15. The van der Waals surface area contributed by atoms with Crippen LogP contribution in [0, 0.1) is 5.92 Å². The molecule has 4 rings (SSSR count). The SMILES string of the molecule is CCCC[S+]1NC2=C(C(C(=O)O)CCO2)N1Cc1ccc(-c2ccccc2S(=O)(=O)NC(=O)OCC)cc1. The zero-order chi connectivity index (χ0) is 27.3. The Hall–Kier alpha value is -3.38. The summed E-state index contributed by atoms with van der Waals surface area (Å²) < 4.78 is 43.7. The lowest BCUT2D eigenvalue weighted by Gasteiger charge is -2.24. The zero-order valence-corrected chi connectivity index (χ0v) is 22.9. The number of hydrogen-bond acceptors (Lipinski definition) is 8. The van der Waals surface area contributed by atoms with Gasteiger partial charge in [0, 0.05) is 12.0 Å². The second-order valence-corrected chi connectivity index (χ2v) is 12.3. The molecule has 0 saturated carbocycles. The van der Waals surface area contributed by atoms with Crippen LogP contribution in [0.5, 0.6) is 0 Å². The first-order valence-corrected chi connectivity index (χ1v) is 15.3. The van der Waals surface area contributed by atoms with Gasteiger partial charge >= 0.3 is 12.1 Å². The first-order chi connectivity index (χ1) is 18.2. The molecule has 2 atom stereocenters. The highest BCUT2D eigenvalue weighted by Crippen LogP contribution is 2.37. The van der Waals surface area contributed by atoms with Crippen LogP contribution in [0.1, 0.15) is 38.7 Å². The monoisotopic (exact) mass is 562 g/mol. The molecule has 3 N–H and O–H groups in total. The quantitative estimate of drug-likeness (QED) is 0.370. The summed E-state index contributed by atoms with van der Waals surface area (Å²) in [6, 6.07) is 13.9. The lowest BCUT2D eigenvalue weighted by Crippen LogP contribution is -2.36. The molecular formula is C26H32N3O7S2+. The van der Waals surface area contributed by atoms with Gasteiger partial charge in [-0.3, -0.25) is 4.79 Å². The van der Waals surface area contributed by atoms with Crippen molar-refractivity contribution in [2.24, 2.45) is 5.92 Å². The number of hydrogen-bond donors (Lipinski definition) is 3. The van der Waals surface area contributed by atoms with Crippen molar-refractivity contribution < 1.29 is 32.6 Å². The fraction of sp³-hybridized carbons (Fsp3) is 0.385. The standard InChI is InChI=1S/C26H31N3O7S2/c1-3-5-16-37-27-24-23(21(25(30)31)14-15-36-24)29(37)17-18-10-12-19(13-11-18)20-8-6-7-9-22(20)38(33,34)28-26(32)35-4-2/h6-13,21H,3-5,14-17H2,1-2H3,(H,28,32)(H,30,31)/p+1. The summed E-state index contributed by atoms with van der Waals surface area (Å²) in [4.78, 5) is 23.7. The molecule has 0 saturated heterocycles. The molecule has 2 aromatic rings. The third-order valence-corrected chi connectivity index (χ3v) is 9.54. The molecule has 0 spiro atoms. The molecule has 0 bridgehead atoms. The Morgan fingerprint density at radius 2 is 1.92 bits per heavy atom. The Kier molecular flexibility index (Phi) is 8.72. The first-order valence-electron chi connectivity index (χ1n) is 12.5. The number of unbranched alkanes of at least 4 members (excludes halogenated alkanes) is 1. The van der Waals surface area contributed by atoms with Crippen molar-refractivity contribution in [3.8, 4) is 11.1 Å². The van der Waals surface area contributed by atoms with Crippen molar-refractivity contribution in [3.63, 3.8) is 0 Å². The van der Waals surface area contributed by atoms with E-state index in [9.17, 15) is 23.1 Å². The lowest BCUT2D eigenvalue weighted by molar-refractivity contribution is -0.142. The number of carbonyl (C=O) groups excluding carboxylic acids is 1. The summed E-state index contributed by atoms with van der Waals surface area (Å²) in [5, 5.41) is 9.85. The van der Waals surface area contributed by atoms with Gasteiger partial charge in [-0.1, -0.05) is 55.8 Å². The van der Waals surface area contributed by atoms with Crippen LogP contribution in [0.4, 0.5) is 4.79 Å². The molecule has 2 aromatic carbocycles. The molecular weight excluding hydrogens is 530 g/mol. The maximum absolute atomic E-state index is 12.9. The van der Waals surface area contributed by atoms with Crippen LogP contribution < -0.4 is 9.44 Å². The molecule has 2 aliphatic rings. The van der Waals surface area contributed by atoms with E-state index in [4.69, 9.17) is 9.47 Å². The highest BCUT2D eigenvalue weighted by molar-refractivity contribution is 7.93. The number of rotatable bonds is 10. The second kappa shape index (κ2) is 12.0. The van der Waals surface area contributed by atoms with Crippen LogP contribution >= 0.6 is 0 Å². The Morgan fingerprint density at radius 3 is 2.61 bits per heavy atom. The Bertz CT molecular complexity index is 1310. The number of nitrogens with zero attached hydrogens (tertiary/aromatic N) is 1. The molecule has 0 aliphatic carbocycles. The highest BCUT2D eigenvalue weighted by atomic mass is 32.2. The normalized spacial score (nSPS) is 18.8. The number of amides is 1. The van der Waals surface area contributed by atoms with E-state index in [2.05, 4.69) is 16.0 Å². The predicted octanol–water partition coefficient (Wildman–Crippen LogP) is 3.73. The summed E-state index contributed by atoms with van der Waals surface area (Å²) in [7, 11) is -4.15. The minimum Gasteiger partial charge on any atom is -0.481 e. The van der Waals surface area contributed by atoms with E-state index in [1.165, 1.54) is 6.07 Å². The van der Waals surface area contributed by atoms with E-state index >= 15 is 0 Å². The Morgan fingerprint density at radius 1 is 1.18 bits per heavy atom. The number of ether oxygens (including phenoxy) is 2. The third-order valence-electron chi connectivity index (χ3n) is 6.21. The maximum Gasteiger partial charge on any atom is 0.421 e. The smallest absolute Gasteiger partial charge is 0.421 e. The minimum absolute atomic E-state index is 0.0379. The zero-order valence-electron chi connectivity index (χ0n) is 21.3. The molecule has 10 nitrogen and oxygen atoms in total. The Labute approximate surface area is 225 Å². The van der Waals surface area contributed by atoms with Crippen LogP contribution in [-0.2, 0) is 42.1 Å². The van der Waals surface area contributed by atoms with Crippen molar-refractivity contribution in [2.45, 2.75) is 44.6 Å². The average molecular weight is 563 g/mol. The molecule has 0 aromatic heterocycles. The van der Waals surface area contributed by atoms with Gasteiger partial charge in [-0.15, -0.1) is 4.72 Å². The molecule has 38 heavy (non-hydrogen) atoms. The van der Waals surface area contributed by atoms with Gasteiger partial charge in [-0.05, 0) is 30.5 Å². The summed E-state index contributed by atoms with van der Waals surface area (Å²) in [6.45, 7) is 4.61. The Balaban J connectivity index is 1.59. The largest absolute Gasteiger partial charge is 0.481 e. The number of carbonyl (C=O) groups is 2.